The third kappa shape index (κ3) is 2.27. The van der Waals surface area contributed by atoms with Crippen molar-refractivity contribution in [3.05, 3.63) is 34.6 Å². The Labute approximate surface area is 136 Å². The number of likely N-dealkylation sites (tertiary alicyclic amines) is 1. The van der Waals surface area contributed by atoms with Crippen LogP contribution in [0.4, 0.5) is 0 Å². The number of nitrogens with one attached hydrogen (secondary N) is 1. The second kappa shape index (κ2) is 5.38. The van der Waals surface area contributed by atoms with Gasteiger partial charge >= 0.3 is 0 Å². The number of hydrogen-bond acceptors (Lipinski definition) is 3. The van der Waals surface area contributed by atoms with Gasteiger partial charge in [-0.15, -0.1) is 0 Å². The van der Waals surface area contributed by atoms with Crippen LogP contribution in [0.1, 0.15) is 28.7 Å². The third-order valence-corrected chi connectivity index (χ3v) is 5.73. The Balaban J connectivity index is 1.63. The number of rotatable bonds is 2. The molecule has 2 aliphatic heterocycles. The van der Waals surface area contributed by atoms with Gasteiger partial charge in [-0.3, -0.25) is 4.79 Å². The quantitative estimate of drug-likeness (QED) is 0.927. The van der Waals surface area contributed by atoms with Crippen LogP contribution in [0.25, 0.3) is 11.0 Å². The molecule has 4 heteroatoms. The van der Waals surface area contributed by atoms with E-state index in [4.69, 9.17) is 4.42 Å². The molecule has 4 rings (SSSR count). The maximum atomic E-state index is 12.8. The summed E-state index contributed by atoms with van der Waals surface area (Å²) in [5.41, 5.74) is 5.57. The molecule has 2 aliphatic rings. The first-order chi connectivity index (χ1) is 11.1. The Morgan fingerprint density at radius 3 is 2.96 bits per heavy atom. The standard InChI is InChI=1S/C19H24N2O2/c1-11-6-12(2)18-15(10-23-19(18)13(11)3)7-17(22)21-5-4-14-8-20-9-16(14)21/h6,10,14,16,20H,4-5,7-9H2,1-3H3/t14-,16+/m0/s1. The molecule has 2 fully saturated rings. The van der Waals surface area contributed by atoms with Crippen molar-refractivity contribution in [1.29, 1.82) is 0 Å². The van der Waals surface area contributed by atoms with Crippen LogP contribution >= 0.6 is 0 Å². The number of carbonyl (C=O) groups is 1. The summed E-state index contributed by atoms with van der Waals surface area (Å²) in [6, 6.07) is 2.58. The van der Waals surface area contributed by atoms with Gasteiger partial charge in [0.1, 0.15) is 5.58 Å². The third-order valence-electron chi connectivity index (χ3n) is 5.73. The van der Waals surface area contributed by atoms with Gasteiger partial charge in [-0.05, 0) is 49.8 Å². The Morgan fingerprint density at radius 2 is 2.13 bits per heavy atom. The van der Waals surface area contributed by atoms with Crippen molar-refractivity contribution in [2.45, 2.75) is 39.7 Å². The highest BCUT2D eigenvalue weighted by Gasteiger charge is 2.39. The molecule has 1 N–H and O–H groups in total. The van der Waals surface area contributed by atoms with Crippen LogP contribution < -0.4 is 5.32 Å². The lowest BCUT2D eigenvalue weighted by Gasteiger charge is -2.23. The molecule has 2 atom stereocenters. The molecule has 3 heterocycles. The Bertz CT molecular complexity index is 777. The van der Waals surface area contributed by atoms with Crippen LogP contribution in [-0.2, 0) is 11.2 Å². The van der Waals surface area contributed by atoms with Gasteiger partial charge in [0.25, 0.3) is 0 Å². The van der Waals surface area contributed by atoms with E-state index in [0.29, 0.717) is 18.4 Å². The average Bonchev–Trinajstić information content (AvgIpc) is 3.19. The molecule has 0 saturated carbocycles. The zero-order valence-corrected chi connectivity index (χ0v) is 14.1. The number of benzene rings is 1. The van der Waals surface area contributed by atoms with Gasteiger partial charge in [-0.2, -0.15) is 0 Å². The van der Waals surface area contributed by atoms with E-state index in [1.54, 1.807) is 6.26 Å². The Hall–Kier alpha value is -1.81. The first-order valence-electron chi connectivity index (χ1n) is 8.53. The number of carbonyl (C=O) groups excluding carboxylic acids is 1. The van der Waals surface area contributed by atoms with Crippen molar-refractivity contribution in [2.75, 3.05) is 19.6 Å². The molecule has 4 nitrogen and oxygen atoms in total. The fraction of sp³-hybridized carbons (Fsp3) is 0.526. The maximum Gasteiger partial charge on any atom is 0.227 e. The van der Waals surface area contributed by atoms with Crippen molar-refractivity contribution < 1.29 is 9.21 Å². The summed E-state index contributed by atoms with van der Waals surface area (Å²) in [6.45, 7) is 9.20. The van der Waals surface area contributed by atoms with Crippen LogP contribution in [0.15, 0.2) is 16.7 Å². The predicted octanol–water partition coefficient (Wildman–Crippen LogP) is 2.72. The molecule has 1 aromatic carbocycles. The highest BCUT2D eigenvalue weighted by atomic mass is 16.3. The lowest BCUT2D eigenvalue weighted by atomic mass is 9.98. The van der Waals surface area contributed by atoms with E-state index in [2.05, 4.69) is 37.1 Å². The maximum absolute atomic E-state index is 12.8. The van der Waals surface area contributed by atoms with Crippen LogP contribution in [0.2, 0.25) is 0 Å². The van der Waals surface area contributed by atoms with E-state index in [-0.39, 0.29) is 5.91 Å². The van der Waals surface area contributed by atoms with Crippen molar-refractivity contribution in [3.63, 3.8) is 0 Å². The van der Waals surface area contributed by atoms with E-state index in [9.17, 15) is 4.79 Å². The van der Waals surface area contributed by atoms with E-state index >= 15 is 0 Å². The Morgan fingerprint density at radius 1 is 1.30 bits per heavy atom. The van der Waals surface area contributed by atoms with Crippen LogP contribution in [0.5, 0.6) is 0 Å². The van der Waals surface area contributed by atoms with Crippen molar-refractivity contribution in [2.24, 2.45) is 5.92 Å². The fourth-order valence-corrected chi connectivity index (χ4v) is 4.34. The van der Waals surface area contributed by atoms with Crippen molar-refractivity contribution >= 4 is 16.9 Å². The summed E-state index contributed by atoms with van der Waals surface area (Å²) >= 11 is 0. The number of fused-ring (bicyclic) bond motifs is 2. The second-order valence-electron chi connectivity index (χ2n) is 7.14. The molecule has 2 aromatic rings. The normalized spacial score (nSPS) is 23.7. The number of amides is 1. The number of aryl methyl sites for hydroxylation is 3. The van der Waals surface area contributed by atoms with E-state index < -0.39 is 0 Å². The summed E-state index contributed by atoms with van der Waals surface area (Å²) in [5, 5.41) is 4.53. The van der Waals surface area contributed by atoms with Crippen LogP contribution in [0, 0.1) is 26.7 Å². The van der Waals surface area contributed by atoms with Gasteiger partial charge in [0.15, 0.2) is 0 Å². The molecule has 122 valence electrons. The topological polar surface area (TPSA) is 45.5 Å². The monoisotopic (exact) mass is 312 g/mol. The highest BCUT2D eigenvalue weighted by molar-refractivity contribution is 5.92. The Kier molecular flexibility index (Phi) is 3.45. The molecule has 2 saturated heterocycles. The van der Waals surface area contributed by atoms with Gasteiger partial charge in [0.2, 0.25) is 5.91 Å². The number of hydrogen-bond donors (Lipinski definition) is 1. The lowest BCUT2D eigenvalue weighted by Crippen LogP contribution is -2.39. The SMILES string of the molecule is Cc1cc(C)c2c(CC(=O)N3CC[C@H]4CNC[C@H]43)coc2c1C. The van der Waals surface area contributed by atoms with Crippen LogP contribution in [0.3, 0.4) is 0 Å². The van der Waals surface area contributed by atoms with Gasteiger partial charge < -0.3 is 14.6 Å². The molecular formula is C19H24N2O2. The smallest absolute Gasteiger partial charge is 0.227 e. The molecule has 0 aliphatic carbocycles. The lowest BCUT2D eigenvalue weighted by molar-refractivity contribution is -0.131. The minimum absolute atomic E-state index is 0.238. The minimum Gasteiger partial charge on any atom is -0.464 e. The van der Waals surface area contributed by atoms with E-state index in [0.717, 1.165) is 42.6 Å². The summed E-state index contributed by atoms with van der Waals surface area (Å²) in [5.74, 6) is 0.883. The van der Waals surface area contributed by atoms with Crippen LogP contribution in [-0.4, -0.2) is 36.5 Å². The molecule has 1 amide bonds. The van der Waals surface area contributed by atoms with E-state index in [1.807, 2.05) is 0 Å². The summed E-state index contributed by atoms with van der Waals surface area (Å²) in [6.07, 6.45) is 3.36. The van der Waals surface area contributed by atoms with Gasteiger partial charge in [-0.25, -0.2) is 0 Å². The zero-order valence-electron chi connectivity index (χ0n) is 14.1. The zero-order chi connectivity index (χ0) is 16.1. The van der Waals surface area contributed by atoms with Gasteiger partial charge in [0, 0.05) is 36.6 Å². The molecule has 1 aromatic heterocycles. The van der Waals surface area contributed by atoms with Gasteiger partial charge in [-0.1, -0.05) is 6.07 Å². The summed E-state index contributed by atoms with van der Waals surface area (Å²) in [4.78, 5) is 14.9. The molecule has 0 unspecified atom stereocenters. The predicted molar refractivity (Wildman–Crippen MR) is 90.6 cm³/mol. The largest absolute Gasteiger partial charge is 0.464 e. The second-order valence-corrected chi connectivity index (χ2v) is 7.14. The van der Waals surface area contributed by atoms with Crippen molar-refractivity contribution in [1.82, 2.24) is 10.2 Å². The van der Waals surface area contributed by atoms with Crippen molar-refractivity contribution in [3.8, 4) is 0 Å². The molecule has 0 spiro atoms. The average molecular weight is 312 g/mol. The fourth-order valence-electron chi connectivity index (χ4n) is 4.34. The molecule has 23 heavy (non-hydrogen) atoms. The summed E-state index contributed by atoms with van der Waals surface area (Å²) in [7, 11) is 0. The first kappa shape index (κ1) is 14.8. The molecule has 0 radical (unpaired) electrons. The molecule has 0 bridgehead atoms. The summed E-state index contributed by atoms with van der Waals surface area (Å²) < 4.78 is 5.81. The minimum atomic E-state index is 0.238. The molecular weight excluding hydrogens is 288 g/mol. The van der Waals surface area contributed by atoms with E-state index in [1.165, 1.54) is 16.7 Å². The highest BCUT2D eigenvalue weighted by Crippen LogP contribution is 2.32. The number of nitrogens with zero attached hydrogens (tertiary/aromatic N) is 1. The van der Waals surface area contributed by atoms with Gasteiger partial charge in [0.05, 0.1) is 12.7 Å². The first-order valence-corrected chi connectivity index (χ1v) is 8.53. The number of furan rings is 1.